The monoisotopic (exact) mass is 524 g/mol. The predicted octanol–water partition coefficient (Wildman–Crippen LogP) is 8.51. The van der Waals surface area contributed by atoms with E-state index in [-0.39, 0.29) is 14.8 Å². The van der Waals surface area contributed by atoms with Crippen molar-refractivity contribution in [1.82, 2.24) is 10.3 Å². The second-order valence-electron chi connectivity index (χ2n) is 8.78. The minimum Gasteiger partial charge on any atom is -0.378 e. The van der Waals surface area contributed by atoms with E-state index >= 15 is 0 Å². The van der Waals surface area contributed by atoms with Gasteiger partial charge >= 0.3 is 0 Å². The van der Waals surface area contributed by atoms with Gasteiger partial charge in [0.15, 0.2) is 0 Å². The quantitative estimate of drug-likeness (QED) is 0.255. The molecule has 5 heteroatoms. The molecule has 1 aliphatic carbocycles. The van der Waals surface area contributed by atoms with Crippen molar-refractivity contribution in [2.45, 2.75) is 40.7 Å². The van der Waals surface area contributed by atoms with Gasteiger partial charge in [-0.05, 0) is 72.9 Å². The van der Waals surface area contributed by atoms with Gasteiger partial charge in [-0.3, -0.25) is 14.8 Å². The fraction of sp³-hybridized carbons (Fsp3) is 0.206. The Hall–Kier alpha value is -4.51. The third-order valence-corrected chi connectivity index (χ3v) is 5.91. The van der Waals surface area contributed by atoms with Crippen molar-refractivity contribution < 1.29 is 7.65 Å². The van der Waals surface area contributed by atoms with E-state index in [0.717, 1.165) is 44.8 Å². The zero-order valence-electron chi connectivity index (χ0n) is 24.0. The van der Waals surface area contributed by atoms with Crippen LogP contribution in [0.25, 0.3) is 0 Å². The Balaban J connectivity index is 0.00000391. The van der Waals surface area contributed by atoms with Gasteiger partial charge in [0, 0.05) is 51.5 Å². The number of allylic oxidation sites excluding steroid dienone is 11. The molecule has 1 atom stereocenters. The number of aromatic nitrogens is 1. The second kappa shape index (κ2) is 15.7. The van der Waals surface area contributed by atoms with Crippen molar-refractivity contribution in [3.05, 3.63) is 143 Å². The Morgan fingerprint density at radius 3 is 2.54 bits per heavy atom. The van der Waals surface area contributed by atoms with Crippen LogP contribution in [0, 0.1) is 6.92 Å². The maximum absolute atomic E-state index is 12.7. The first-order valence-corrected chi connectivity index (χ1v) is 13.1. The van der Waals surface area contributed by atoms with Gasteiger partial charge in [-0.2, -0.15) is 0 Å². The SMILES string of the molecule is C=C/C=C(\C=NC)C1=CC=C(C)/C(=C(\C=C)N[C@@H](C)c2cccc(NC(=O)c3cncc(C)c3)c2)C=C1.CC.[HH].[HH]. The summed E-state index contributed by atoms with van der Waals surface area (Å²) in [4.78, 5) is 21.0. The molecule has 0 aliphatic heterocycles. The first-order valence-electron chi connectivity index (χ1n) is 13.1. The summed E-state index contributed by atoms with van der Waals surface area (Å²) in [6.07, 6.45) is 19.0. The van der Waals surface area contributed by atoms with Crippen LogP contribution < -0.4 is 10.6 Å². The molecule has 0 unspecified atom stereocenters. The zero-order chi connectivity index (χ0) is 28.8. The Labute approximate surface area is 236 Å². The maximum atomic E-state index is 12.7. The number of anilines is 1. The number of carbonyl (C=O) groups excluding carboxylic acids is 1. The summed E-state index contributed by atoms with van der Waals surface area (Å²) in [5.41, 5.74) is 8.35. The number of carbonyl (C=O) groups is 1. The van der Waals surface area contributed by atoms with Crippen LogP contribution in [-0.4, -0.2) is 24.2 Å². The number of benzene rings is 1. The molecular formula is C34H44N4O. The lowest BCUT2D eigenvalue weighted by Gasteiger charge is -2.20. The molecule has 39 heavy (non-hydrogen) atoms. The smallest absolute Gasteiger partial charge is 0.257 e. The van der Waals surface area contributed by atoms with Crippen molar-refractivity contribution in [3.8, 4) is 0 Å². The van der Waals surface area contributed by atoms with E-state index in [0.29, 0.717) is 5.56 Å². The Kier molecular flexibility index (Phi) is 12.3. The van der Waals surface area contributed by atoms with E-state index < -0.39 is 0 Å². The molecule has 0 saturated carbocycles. The van der Waals surface area contributed by atoms with Crippen LogP contribution in [0.2, 0.25) is 0 Å². The molecule has 3 rings (SSSR count). The molecule has 0 saturated heterocycles. The summed E-state index contributed by atoms with van der Waals surface area (Å²) in [7, 11) is 1.76. The molecular weight excluding hydrogens is 480 g/mol. The van der Waals surface area contributed by atoms with Crippen molar-refractivity contribution in [3.63, 3.8) is 0 Å². The number of hydrogen-bond donors (Lipinski definition) is 2. The molecule has 1 aromatic heterocycles. The average molecular weight is 525 g/mol. The summed E-state index contributed by atoms with van der Waals surface area (Å²) in [6.45, 7) is 17.9. The van der Waals surface area contributed by atoms with Gasteiger partial charge in [-0.25, -0.2) is 0 Å². The minimum atomic E-state index is -0.187. The lowest BCUT2D eigenvalue weighted by Crippen LogP contribution is -2.19. The number of amides is 1. The van der Waals surface area contributed by atoms with Crippen LogP contribution in [0.1, 0.15) is 58.1 Å². The lowest BCUT2D eigenvalue weighted by molar-refractivity contribution is 0.102. The highest BCUT2D eigenvalue weighted by molar-refractivity contribution is 6.04. The van der Waals surface area contributed by atoms with Gasteiger partial charge in [0.25, 0.3) is 5.91 Å². The number of hydrogen-bond acceptors (Lipinski definition) is 4. The predicted molar refractivity (Wildman–Crippen MR) is 171 cm³/mol. The summed E-state index contributed by atoms with van der Waals surface area (Å²) in [6, 6.07) is 9.62. The van der Waals surface area contributed by atoms with Gasteiger partial charge in [0.1, 0.15) is 0 Å². The van der Waals surface area contributed by atoms with E-state index in [4.69, 9.17) is 0 Å². The summed E-state index contributed by atoms with van der Waals surface area (Å²) in [5, 5.41) is 6.57. The maximum Gasteiger partial charge on any atom is 0.257 e. The molecule has 1 aliphatic rings. The fourth-order valence-electron chi connectivity index (χ4n) is 3.97. The van der Waals surface area contributed by atoms with Crippen LogP contribution in [0.3, 0.4) is 0 Å². The van der Waals surface area contributed by atoms with Crippen LogP contribution in [0.15, 0.2) is 131 Å². The average Bonchev–Trinajstić information content (AvgIpc) is 3.14. The molecule has 0 spiro atoms. The molecule has 2 N–H and O–H groups in total. The van der Waals surface area contributed by atoms with Gasteiger partial charge in [-0.1, -0.05) is 75.6 Å². The first-order chi connectivity index (χ1) is 18.9. The van der Waals surface area contributed by atoms with Crippen molar-refractivity contribution >= 4 is 17.8 Å². The molecule has 0 fully saturated rings. The summed E-state index contributed by atoms with van der Waals surface area (Å²) in [5.74, 6) is -0.187. The van der Waals surface area contributed by atoms with E-state index in [9.17, 15) is 4.79 Å². The highest BCUT2D eigenvalue weighted by atomic mass is 16.1. The molecule has 1 amide bonds. The fourth-order valence-corrected chi connectivity index (χ4v) is 3.97. The standard InChI is InChI=1S/C32H34N4O.C2H6.2H2/c1-7-10-27(20-33-6)25-14-13-23(4)30(16-15-25)31(8-2)35-24(5)26-11-9-12-29(18-26)36-32(37)28-17-22(3)19-34-21-28;1-2;;/h7-21,24,35H,1-2H2,3-6H3,(H,36,37);1-2H3;2*1H/b27-10+,31-30+,33-20?;;;/t24-;;;/m0.../s1. The number of aryl methyl sites for hydroxylation is 1. The molecule has 1 aromatic carbocycles. The van der Waals surface area contributed by atoms with Gasteiger partial charge in [-0.15, -0.1) is 0 Å². The summed E-state index contributed by atoms with van der Waals surface area (Å²) >= 11 is 0. The van der Waals surface area contributed by atoms with Gasteiger partial charge in [0.05, 0.1) is 5.56 Å². The number of pyridine rings is 1. The van der Waals surface area contributed by atoms with Crippen molar-refractivity contribution in [2.24, 2.45) is 4.99 Å². The van der Waals surface area contributed by atoms with E-state index in [1.807, 2.05) is 69.5 Å². The van der Waals surface area contributed by atoms with Crippen LogP contribution in [-0.2, 0) is 0 Å². The lowest BCUT2D eigenvalue weighted by atomic mass is 10.0. The Morgan fingerprint density at radius 2 is 1.87 bits per heavy atom. The third-order valence-electron chi connectivity index (χ3n) is 5.91. The van der Waals surface area contributed by atoms with Gasteiger partial charge < -0.3 is 10.6 Å². The molecule has 1 heterocycles. The number of aliphatic imine (C=N–C) groups is 1. The van der Waals surface area contributed by atoms with Crippen LogP contribution in [0.4, 0.5) is 5.69 Å². The van der Waals surface area contributed by atoms with Crippen LogP contribution >= 0.6 is 0 Å². The Bertz CT molecular complexity index is 1380. The number of nitrogens with zero attached hydrogens (tertiary/aromatic N) is 2. The normalized spacial score (nSPS) is 15.2. The second-order valence-corrected chi connectivity index (χ2v) is 8.78. The highest BCUT2D eigenvalue weighted by Gasteiger charge is 2.13. The molecule has 2 aromatic rings. The Morgan fingerprint density at radius 1 is 1.10 bits per heavy atom. The third kappa shape index (κ3) is 8.78. The minimum absolute atomic E-state index is 0. The van der Waals surface area contributed by atoms with Crippen molar-refractivity contribution in [1.29, 1.82) is 0 Å². The van der Waals surface area contributed by atoms with E-state index in [2.05, 4.69) is 71.9 Å². The number of rotatable bonds is 9. The molecule has 0 radical (unpaired) electrons. The van der Waals surface area contributed by atoms with Crippen molar-refractivity contribution in [2.75, 3.05) is 12.4 Å². The zero-order valence-corrected chi connectivity index (χ0v) is 24.0. The van der Waals surface area contributed by atoms with E-state index in [1.165, 1.54) is 0 Å². The number of nitrogens with one attached hydrogen (secondary N) is 2. The van der Waals surface area contributed by atoms with E-state index in [1.54, 1.807) is 25.5 Å². The highest BCUT2D eigenvalue weighted by Crippen LogP contribution is 2.25. The molecule has 206 valence electrons. The molecule has 5 nitrogen and oxygen atoms in total. The first kappa shape index (κ1) is 30.7. The topological polar surface area (TPSA) is 66.4 Å². The van der Waals surface area contributed by atoms with Crippen LogP contribution in [0.5, 0.6) is 0 Å². The molecule has 0 bridgehead atoms. The largest absolute Gasteiger partial charge is 0.378 e. The summed E-state index contributed by atoms with van der Waals surface area (Å²) < 4.78 is 0. The van der Waals surface area contributed by atoms with Gasteiger partial charge in [0.2, 0.25) is 0 Å².